The first-order valence-electron chi connectivity index (χ1n) is 6.32. The average molecular weight is 241 g/mol. The molecule has 98 valence electrons. The lowest BCUT2D eigenvalue weighted by molar-refractivity contribution is -0.179. The van der Waals surface area contributed by atoms with E-state index in [0.717, 1.165) is 12.1 Å². The van der Waals surface area contributed by atoms with Gasteiger partial charge in [0.2, 0.25) is 0 Å². The lowest BCUT2D eigenvalue weighted by Crippen LogP contribution is -2.57. The Bertz CT molecular complexity index is 321. The van der Waals surface area contributed by atoms with Gasteiger partial charge in [0.15, 0.2) is 0 Å². The lowest BCUT2D eigenvalue weighted by atomic mass is 9.70. The minimum atomic E-state index is -0.525. The van der Waals surface area contributed by atoms with E-state index < -0.39 is 6.10 Å². The third kappa shape index (κ3) is 2.26. The molecular formula is C13H23NO3. The average Bonchev–Trinajstić information content (AvgIpc) is 2.56. The van der Waals surface area contributed by atoms with Crippen LogP contribution in [0.3, 0.4) is 0 Å². The fraction of sp³-hybridized carbons (Fsp3) is 0.923. The summed E-state index contributed by atoms with van der Waals surface area (Å²) in [6.45, 7) is 8.13. The van der Waals surface area contributed by atoms with Crippen molar-refractivity contribution in [2.75, 3.05) is 6.61 Å². The quantitative estimate of drug-likeness (QED) is 0.720. The maximum absolute atomic E-state index is 10.5. The number of rotatable bonds is 1. The molecule has 2 rings (SSSR count). The van der Waals surface area contributed by atoms with Gasteiger partial charge in [-0.2, -0.15) is 0 Å². The highest BCUT2D eigenvalue weighted by Crippen LogP contribution is 2.41. The Morgan fingerprint density at radius 2 is 2.06 bits per heavy atom. The Balaban J connectivity index is 2.26. The van der Waals surface area contributed by atoms with Crippen LogP contribution in [0.1, 0.15) is 34.1 Å². The van der Waals surface area contributed by atoms with Crippen LogP contribution in [0, 0.1) is 11.3 Å². The Kier molecular flexibility index (Phi) is 3.31. The smallest absolute Gasteiger partial charge is 0.103 e. The van der Waals surface area contributed by atoms with E-state index in [9.17, 15) is 10.2 Å². The molecule has 0 aromatic rings. The second-order valence-corrected chi connectivity index (χ2v) is 6.34. The van der Waals surface area contributed by atoms with Crippen LogP contribution < -0.4 is 0 Å². The predicted molar refractivity (Wildman–Crippen MR) is 66.2 cm³/mol. The van der Waals surface area contributed by atoms with Gasteiger partial charge in [-0.3, -0.25) is 4.99 Å². The molecule has 0 aromatic heterocycles. The fourth-order valence-corrected chi connectivity index (χ4v) is 3.20. The lowest BCUT2D eigenvalue weighted by Gasteiger charge is -2.46. The summed E-state index contributed by atoms with van der Waals surface area (Å²) in [7, 11) is 0. The molecule has 0 amide bonds. The van der Waals surface area contributed by atoms with Gasteiger partial charge in [-0.1, -0.05) is 20.8 Å². The van der Waals surface area contributed by atoms with E-state index in [0.29, 0.717) is 0 Å². The van der Waals surface area contributed by atoms with Crippen LogP contribution in [0.15, 0.2) is 4.99 Å². The Morgan fingerprint density at radius 1 is 1.41 bits per heavy atom. The molecule has 2 N–H and O–H groups in total. The summed E-state index contributed by atoms with van der Waals surface area (Å²) < 4.78 is 5.91. The van der Waals surface area contributed by atoms with E-state index in [1.165, 1.54) is 0 Å². The van der Waals surface area contributed by atoms with Gasteiger partial charge in [0.25, 0.3) is 0 Å². The standard InChI is InChI=1S/C13H23NO3/c1-7-5-8-11(14-7)12(16)10(13(2,3)4)9(6-15)17-8/h8-12,15-16H,5-6H2,1-4H3/t8-,9?,10-,11?,12+/m1/s1. The molecule has 1 saturated heterocycles. The van der Waals surface area contributed by atoms with Crippen molar-refractivity contribution in [2.24, 2.45) is 16.3 Å². The highest BCUT2D eigenvalue weighted by atomic mass is 16.5. The van der Waals surface area contributed by atoms with E-state index in [1.807, 2.05) is 6.92 Å². The molecule has 1 fully saturated rings. The second-order valence-electron chi connectivity index (χ2n) is 6.34. The Morgan fingerprint density at radius 3 is 2.59 bits per heavy atom. The minimum Gasteiger partial charge on any atom is -0.394 e. The van der Waals surface area contributed by atoms with Gasteiger partial charge in [0, 0.05) is 18.1 Å². The van der Waals surface area contributed by atoms with Gasteiger partial charge in [-0.15, -0.1) is 0 Å². The summed E-state index contributed by atoms with van der Waals surface area (Å²) in [6, 6.07) is -0.151. The molecule has 0 saturated carbocycles. The first kappa shape index (κ1) is 13.0. The summed E-state index contributed by atoms with van der Waals surface area (Å²) >= 11 is 0. The number of fused-ring (bicyclic) bond motifs is 1. The normalized spacial score (nSPS) is 42.2. The molecular weight excluding hydrogens is 218 g/mol. The number of hydrogen-bond donors (Lipinski definition) is 2. The Hall–Kier alpha value is -0.450. The van der Waals surface area contributed by atoms with Crippen molar-refractivity contribution in [1.82, 2.24) is 0 Å². The largest absolute Gasteiger partial charge is 0.394 e. The van der Waals surface area contributed by atoms with Crippen LogP contribution in [0.4, 0.5) is 0 Å². The summed E-state index contributed by atoms with van der Waals surface area (Å²) in [5.41, 5.74) is 0.925. The summed E-state index contributed by atoms with van der Waals surface area (Å²) in [5.74, 6) is -0.0802. The van der Waals surface area contributed by atoms with E-state index in [1.54, 1.807) is 0 Å². The number of aliphatic hydroxyl groups excluding tert-OH is 2. The highest BCUT2D eigenvalue weighted by molar-refractivity contribution is 5.84. The first-order chi connectivity index (χ1) is 7.84. The van der Waals surface area contributed by atoms with Gasteiger partial charge < -0.3 is 14.9 Å². The fourth-order valence-electron chi connectivity index (χ4n) is 3.20. The van der Waals surface area contributed by atoms with E-state index in [2.05, 4.69) is 25.8 Å². The predicted octanol–water partition coefficient (Wildman–Crippen LogP) is 1.00. The molecule has 0 aromatic carbocycles. The molecule has 0 spiro atoms. The number of aliphatic hydroxyl groups is 2. The molecule has 4 heteroatoms. The summed E-state index contributed by atoms with van der Waals surface area (Å²) in [5, 5.41) is 20.0. The SMILES string of the molecule is CC1=NC2[C@@H](O)[C@H](C(C)(C)C)C(CO)O[C@@H]2C1. The second kappa shape index (κ2) is 4.34. The van der Waals surface area contributed by atoms with Crippen molar-refractivity contribution in [3.63, 3.8) is 0 Å². The number of ether oxygens (including phenoxy) is 1. The molecule has 0 aliphatic carbocycles. The van der Waals surface area contributed by atoms with Crippen molar-refractivity contribution in [2.45, 2.75) is 58.5 Å². The minimum absolute atomic E-state index is 0.0404. The van der Waals surface area contributed by atoms with E-state index in [4.69, 9.17) is 4.74 Å². The van der Waals surface area contributed by atoms with Crippen molar-refractivity contribution in [3.05, 3.63) is 0 Å². The molecule has 17 heavy (non-hydrogen) atoms. The van der Waals surface area contributed by atoms with Gasteiger partial charge in [-0.25, -0.2) is 0 Å². The third-order valence-corrected chi connectivity index (χ3v) is 3.89. The van der Waals surface area contributed by atoms with Gasteiger partial charge in [-0.05, 0) is 12.3 Å². The molecule has 5 atom stereocenters. The van der Waals surface area contributed by atoms with Crippen LogP contribution in [0.2, 0.25) is 0 Å². The van der Waals surface area contributed by atoms with Crippen molar-refractivity contribution in [1.29, 1.82) is 0 Å². The van der Waals surface area contributed by atoms with Crippen molar-refractivity contribution < 1.29 is 14.9 Å². The molecule has 2 heterocycles. The van der Waals surface area contributed by atoms with Crippen LogP contribution in [-0.2, 0) is 4.74 Å². The molecule has 4 nitrogen and oxygen atoms in total. The van der Waals surface area contributed by atoms with Crippen molar-refractivity contribution in [3.8, 4) is 0 Å². The van der Waals surface area contributed by atoms with Gasteiger partial charge >= 0.3 is 0 Å². The molecule has 2 aliphatic rings. The van der Waals surface area contributed by atoms with Gasteiger partial charge in [0.05, 0.1) is 24.9 Å². The maximum atomic E-state index is 10.5. The van der Waals surface area contributed by atoms with Crippen LogP contribution in [0.5, 0.6) is 0 Å². The zero-order chi connectivity index (χ0) is 12.8. The van der Waals surface area contributed by atoms with Gasteiger partial charge in [0.1, 0.15) is 6.04 Å². The summed E-state index contributed by atoms with van der Waals surface area (Å²) in [4.78, 5) is 4.48. The molecule has 0 radical (unpaired) electrons. The monoisotopic (exact) mass is 241 g/mol. The molecule has 0 bridgehead atoms. The van der Waals surface area contributed by atoms with Crippen LogP contribution in [-0.4, -0.2) is 46.9 Å². The van der Waals surface area contributed by atoms with E-state index >= 15 is 0 Å². The van der Waals surface area contributed by atoms with Crippen LogP contribution >= 0.6 is 0 Å². The zero-order valence-corrected chi connectivity index (χ0v) is 11.1. The maximum Gasteiger partial charge on any atom is 0.103 e. The highest BCUT2D eigenvalue weighted by Gasteiger charge is 2.50. The number of hydrogen-bond acceptors (Lipinski definition) is 4. The zero-order valence-electron chi connectivity index (χ0n) is 11.1. The Labute approximate surface area is 103 Å². The number of aliphatic imine (C=N–C) groups is 1. The molecule has 2 aliphatic heterocycles. The summed E-state index contributed by atoms with van der Waals surface area (Å²) in [6.07, 6.45) is -0.0915. The topological polar surface area (TPSA) is 62.1 Å². The number of nitrogens with zero attached hydrogens (tertiary/aromatic N) is 1. The van der Waals surface area contributed by atoms with E-state index in [-0.39, 0.29) is 36.2 Å². The molecule has 2 unspecified atom stereocenters. The van der Waals surface area contributed by atoms with Crippen LogP contribution in [0.25, 0.3) is 0 Å². The van der Waals surface area contributed by atoms with Crippen molar-refractivity contribution >= 4 is 5.71 Å². The first-order valence-corrected chi connectivity index (χ1v) is 6.32. The third-order valence-electron chi connectivity index (χ3n) is 3.89.